The highest BCUT2D eigenvalue weighted by Gasteiger charge is 2.14. The van der Waals surface area contributed by atoms with Crippen molar-refractivity contribution in [2.45, 2.75) is 6.92 Å². The number of hydrogen-bond donors (Lipinski definition) is 0. The van der Waals surface area contributed by atoms with Gasteiger partial charge in [0, 0.05) is 21.2 Å². The van der Waals surface area contributed by atoms with Crippen molar-refractivity contribution >= 4 is 23.2 Å². The van der Waals surface area contributed by atoms with Gasteiger partial charge in [-0.2, -0.15) is 5.10 Å². The molecule has 4 aromatic rings. The first-order valence-electron chi connectivity index (χ1n) is 8.30. The molecule has 128 valence electrons. The maximum absolute atomic E-state index is 6.06. The number of hydrogen-bond acceptors (Lipinski definition) is 1. The standard InChI is InChI=1S/C22H16Cl2N2/c1-15-4-2-3-5-21(15)26-22(17-8-12-19(24)13-9-17)14-20(25-26)16-6-10-18(23)11-7-16/h2-14H,1H3. The van der Waals surface area contributed by atoms with Crippen LogP contribution in [0.25, 0.3) is 28.2 Å². The maximum atomic E-state index is 6.06. The monoisotopic (exact) mass is 378 g/mol. The smallest absolute Gasteiger partial charge is 0.0934 e. The number of para-hydroxylation sites is 1. The molecule has 0 fully saturated rings. The van der Waals surface area contributed by atoms with Crippen LogP contribution in [-0.2, 0) is 0 Å². The molecule has 0 bridgehead atoms. The second-order valence-corrected chi connectivity index (χ2v) is 7.00. The largest absolute Gasteiger partial charge is 0.232 e. The van der Waals surface area contributed by atoms with E-state index in [2.05, 4.69) is 25.1 Å². The van der Waals surface area contributed by atoms with E-state index in [1.165, 1.54) is 0 Å². The van der Waals surface area contributed by atoms with Gasteiger partial charge >= 0.3 is 0 Å². The van der Waals surface area contributed by atoms with Crippen molar-refractivity contribution in [2.24, 2.45) is 0 Å². The van der Waals surface area contributed by atoms with Crippen LogP contribution in [0.1, 0.15) is 5.56 Å². The van der Waals surface area contributed by atoms with Crippen molar-refractivity contribution in [1.29, 1.82) is 0 Å². The van der Waals surface area contributed by atoms with E-state index < -0.39 is 0 Å². The first-order valence-corrected chi connectivity index (χ1v) is 9.05. The molecule has 0 aliphatic rings. The molecule has 1 aromatic heterocycles. The Morgan fingerprint density at radius 3 is 1.92 bits per heavy atom. The Morgan fingerprint density at radius 1 is 0.731 bits per heavy atom. The molecule has 0 unspecified atom stereocenters. The lowest BCUT2D eigenvalue weighted by molar-refractivity contribution is 0.884. The van der Waals surface area contributed by atoms with Crippen LogP contribution in [-0.4, -0.2) is 9.78 Å². The van der Waals surface area contributed by atoms with Gasteiger partial charge in [0.15, 0.2) is 0 Å². The van der Waals surface area contributed by atoms with Crippen LogP contribution in [0.15, 0.2) is 78.9 Å². The predicted octanol–water partition coefficient (Wildman–Crippen LogP) is 6.82. The van der Waals surface area contributed by atoms with Crippen molar-refractivity contribution in [3.05, 3.63) is 94.5 Å². The number of nitrogens with zero attached hydrogens (tertiary/aromatic N) is 2. The SMILES string of the molecule is Cc1ccccc1-n1nc(-c2ccc(Cl)cc2)cc1-c1ccc(Cl)cc1. The maximum Gasteiger partial charge on any atom is 0.0934 e. The van der Waals surface area contributed by atoms with Gasteiger partial charge in [-0.05, 0) is 48.9 Å². The van der Waals surface area contributed by atoms with E-state index in [0.717, 1.165) is 33.8 Å². The highest BCUT2D eigenvalue weighted by atomic mass is 35.5. The number of aromatic nitrogens is 2. The zero-order chi connectivity index (χ0) is 18.1. The summed E-state index contributed by atoms with van der Waals surface area (Å²) >= 11 is 12.1. The van der Waals surface area contributed by atoms with E-state index in [-0.39, 0.29) is 0 Å². The van der Waals surface area contributed by atoms with Gasteiger partial charge in [0.2, 0.25) is 0 Å². The zero-order valence-electron chi connectivity index (χ0n) is 14.2. The molecule has 4 rings (SSSR count). The third-order valence-corrected chi connectivity index (χ3v) is 4.84. The second-order valence-electron chi connectivity index (χ2n) is 6.13. The second kappa shape index (κ2) is 6.99. The third-order valence-electron chi connectivity index (χ3n) is 4.33. The van der Waals surface area contributed by atoms with Crippen LogP contribution in [0.5, 0.6) is 0 Å². The molecule has 26 heavy (non-hydrogen) atoms. The number of rotatable bonds is 3. The molecule has 0 amide bonds. The summed E-state index contributed by atoms with van der Waals surface area (Å²) in [4.78, 5) is 0. The molecular formula is C22H16Cl2N2. The molecule has 0 aliphatic heterocycles. The summed E-state index contributed by atoms with van der Waals surface area (Å²) in [6.45, 7) is 2.09. The lowest BCUT2D eigenvalue weighted by Crippen LogP contribution is -2.01. The molecule has 0 saturated heterocycles. The summed E-state index contributed by atoms with van der Waals surface area (Å²) < 4.78 is 1.99. The van der Waals surface area contributed by atoms with Gasteiger partial charge in [-0.15, -0.1) is 0 Å². The van der Waals surface area contributed by atoms with E-state index in [1.807, 2.05) is 65.3 Å². The van der Waals surface area contributed by atoms with Crippen LogP contribution in [0.3, 0.4) is 0 Å². The fraction of sp³-hybridized carbons (Fsp3) is 0.0455. The molecule has 0 aliphatic carbocycles. The van der Waals surface area contributed by atoms with Crippen LogP contribution >= 0.6 is 23.2 Å². The lowest BCUT2D eigenvalue weighted by atomic mass is 10.1. The van der Waals surface area contributed by atoms with E-state index in [4.69, 9.17) is 28.3 Å². The zero-order valence-corrected chi connectivity index (χ0v) is 15.7. The summed E-state index contributed by atoms with van der Waals surface area (Å²) in [7, 11) is 0. The Balaban J connectivity index is 1.92. The Labute approximate surface area is 162 Å². The number of aryl methyl sites for hydroxylation is 1. The fourth-order valence-electron chi connectivity index (χ4n) is 2.95. The van der Waals surface area contributed by atoms with Gasteiger partial charge in [0.25, 0.3) is 0 Å². The molecule has 4 heteroatoms. The minimum atomic E-state index is 0.713. The van der Waals surface area contributed by atoms with Gasteiger partial charge < -0.3 is 0 Å². The molecule has 0 spiro atoms. The molecule has 1 heterocycles. The van der Waals surface area contributed by atoms with Gasteiger partial charge in [-0.3, -0.25) is 0 Å². The van der Waals surface area contributed by atoms with Crippen molar-refractivity contribution in [2.75, 3.05) is 0 Å². The van der Waals surface area contributed by atoms with Gasteiger partial charge in [-0.1, -0.05) is 65.7 Å². The van der Waals surface area contributed by atoms with Crippen molar-refractivity contribution in [1.82, 2.24) is 9.78 Å². The Bertz CT molecular complexity index is 1050. The fourth-order valence-corrected chi connectivity index (χ4v) is 3.21. The van der Waals surface area contributed by atoms with Crippen LogP contribution < -0.4 is 0 Å². The van der Waals surface area contributed by atoms with Crippen molar-refractivity contribution in [3.63, 3.8) is 0 Å². The Hall–Kier alpha value is -2.55. The number of benzene rings is 3. The van der Waals surface area contributed by atoms with E-state index in [0.29, 0.717) is 10.0 Å². The Kier molecular flexibility index (Phi) is 4.54. The predicted molar refractivity (Wildman–Crippen MR) is 109 cm³/mol. The summed E-state index contributed by atoms with van der Waals surface area (Å²) in [6.07, 6.45) is 0. The quantitative estimate of drug-likeness (QED) is 0.382. The highest BCUT2D eigenvalue weighted by molar-refractivity contribution is 6.30. The summed E-state index contributed by atoms with van der Waals surface area (Å²) in [5.41, 5.74) is 6.21. The average molecular weight is 379 g/mol. The summed E-state index contributed by atoms with van der Waals surface area (Å²) in [6, 6.07) is 25.9. The average Bonchev–Trinajstić information content (AvgIpc) is 3.08. The molecular weight excluding hydrogens is 363 g/mol. The molecule has 2 nitrogen and oxygen atoms in total. The topological polar surface area (TPSA) is 17.8 Å². The minimum absolute atomic E-state index is 0.713. The van der Waals surface area contributed by atoms with Gasteiger partial charge in [0.05, 0.1) is 17.1 Å². The third kappa shape index (κ3) is 3.26. The highest BCUT2D eigenvalue weighted by Crippen LogP contribution is 2.30. The van der Waals surface area contributed by atoms with Crippen LogP contribution in [0.2, 0.25) is 10.0 Å². The van der Waals surface area contributed by atoms with Crippen LogP contribution in [0, 0.1) is 6.92 Å². The first-order chi connectivity index (χ1) is 12.6. The van der Waals surface area contributed by atoms with Gasteiger partial charge in [0.1, 0.15) is 0 Å². The molecule has 3 aromatic carbocycles. The Morgan fingerprint density at radius 2 is 1.31 bits per heavy atom. The lowest BCUT2D eigenvalue weighted by Gasteiger charge is -2.10. The van der Waals surface area contributed by atoms with E-state index >= 15 is 0 Å². The number of halogens is 2. The minimum Gasteiger partial charge on any atom is -0.232 e. The van der Waals surface area contributed by atoms with Crippen LogP contribution in [0.4, 0.5) is 0 Å². The summed E-state index contributed by atoms with van der Waals surface area (Å²) in [5.74, 6) is 0. The normalized spacial score (nSPS) is 10.9. The van der Waals surface area contributed by atoms with E-state index in [1.54, 1.807) is 0 Å². The summed E-state index contributed by atoms with van der Waals surface area (Å²) in [5, 5.41) is 6.31. The molecule has 0 radical (unpaired) electrons. The van der Waals surface area contributed by atoms with Gasteiger partial charge in [-0.25, -0.2) is 4.68 Å². The molecule has 0 N–H and O–H groups in total. The molecule has 0 atom stereocenters. The first kappa shape index (κ1) is 16.9. The molecule has 0 saturated carbocycles. The van der Waals surface area contributed by atoms with Crippen molar-refractivity contribution in [3.8, 4) is 28.2 Å². The van der Waals surface area contributed by atoms with E-state index in [9.17, 15) is 0 Å². The van der Waals surface area contributed by atoms with Crippen molar-refractivity contribution < 1.29 is 0 Å².